The Morgan fingerprint density at radius 2 is 1.16 bits per heavy atom. The molecule has 0 unspecified atom stereocenters. The third kappa shape index (κ3) is 6.41. The van der Waals surface area contributed by atoms with Crippen LogP contribution < -0.4 is 0 Å². The lowest BCUT2D eigenvalue weighted by molar-refractivity contribution is 0.602. The van der Waals surface area contributed by atoms with Crippen molar-refractivity contribution >= 4 is 21.0 Å². The Hall–Kier alpha value is -2.65. The number of unbranched alkanes of at least 4 members (excludes halogenated alkanes) is 4. The number of hydrogen-bond acceptors (Lipinski definition) is 2. The van der Waals surface area contributed by atoms with Gasteiger partial charge in [-0.15, -0.1) is 0 Å². The van der Waals surface area contributed by atoms with Gasteiger partial charge in [-0.3, -0.25) is 0 Å². The summed E-state index contributed by atoms with van der Waals surface area (Å²) in [4.78, 5) is 0.361. The summed E-state index contributed by atoms with van der Waals surface area (Å²) in [6.45, 7) is 2.23. The summed E-state index contributed by atoms with van der Waals surface area (Å²) in [6, 6.07) is 28.4. The highest BCUT2D eigenvalue weighted by atomic mass is 32.2. The molecule has 0 N–H and O–H groups in total. The molecule has 0 atom stereocenters. The molecule has 0 aliphatic rings. The molecular weight excluding hydrogens is 400 g/mol. The van der Waals surface area contributed by atoms with Gasteiger partial charge in [0.15, 0.2) is 9.84 Å². The third-order valence-corrected chi connectivity index (χ3v) is 6.72. The van der Waals surface area contributed by atoms with E-state index in [2.05, 4.69) is 55.5 Å². The fourth-order valence-electron chi connectivity index (χ4n) is 3.95. The van der Waals surface area contributed by atoms with Crippen LogP contribution in [0.15, 0.2) is 89.8 Å². The zero-order valence-corrected chi connectivity index (χ0v) is 19.4. The van der Waals surface area contributed by atoms with Crippen molar-refractivity contribution in [2.75, 3.05) is 6.26 Å². The molecular formula is C28H32O2S. The van der Waals surface area contributed by atoms with Gasteiger partial charge in [-0.05, 0) is 52.8 Å². The van der Waals surface area contributed by atoms with Crippen LogP contribution in [0.2, 0.25) is 0 Å². The smallest absolute Gasteiger partial charge is 0.175 e. The van der Waals surface area contributed by atoms with E-state index in [1.807, 2.05) is 24.3 Å². The van der Waals surface area contributed by atoms with Crippen LogP contribution >= 0.6 is 0 Å². The normalized spacial score (nSPS) is 11.3. The summed E-state index contributed by atoms with van der Waals surface area (Å²) in [5, 5.41) is 0. The lowest BCUT2D eigenvalue weighted by Gasteiger charge is -2.18. The van der Waals surface area contributed by atoms with Gasteiger partial charge in [0.1, 0.15) is 0 Å². The average molecular weight is 433 g/mol. The summed E-state index contributed by atoms with van der Waals surface area (Å²) in [5.41, 5.74) is 5.96. The summed E-state index contributed by atoms with van der Waals surface area (Å²) in [6.07, 6.45) is 8.29. The van der Waals surface area contributed by atoms with Gasteiger partial charge in [-0.25, -0.2) is 8.42 Å². The summed E-state index contributed by atoms with van der Waals surface area (Å²) >= 11 is 0. The van der Waals surface area contributed by atoms with Crippen LogP contribution in [0.4, 0.5) is 0 Å². The molecule has 0 fully saturated rings. The van der Waals surface area contributed by atoms with Crippen molar-refractivity contribution in [2.45, 2.75) is 50.3 Å². The highest BCUT2D eigenvalue weighted by molar-refractivity contribution is 7.90. The second-order valence-electron chi connectivity index (χ2n) is 8.05. The minimum Gasteiger partial charge on any atom is -0.224 e. The lowest BCUT2D eigenvalue weighted by atomic mass is 9.87. The van der Waals surface area contributed by atoms with Gasteiger partial charge in [0, 0.05) is 6.26 Å². The Balaban J connectivity index is 2.11. The summed E-state index contributed by atoms with van der Waals surface area (Å²) in [7, 11) is -3.21. The summed E-state index contributed by atoms with van der Waals surface area (Å²) in [5.74, 6) is 0. The van der Waals surface area contributed by atoms with Crippen molar-refractivity contribution in [1.29, 1.82) is 0 Å². The molecule has 2 nitrogen and oxygen atoms in total. The van der Waals surface area contributed by atoms with Gasteiger partial charge in [0.2, 0.25) is 0 Å². The first-order valence-electron chi connectivity index (χ1n) is 11.1. The molecule has 0 radical (unpaired) electrons. The number of benzene rings is 3. The maximum atomic E-state index is 12.0. The van der Waals surface area contributed by atoms with Crippen LogP contribution in [-0.4, -0.2) is 14.7 Å². The number of allylic oxidation sites excluding steroid dienone is 1. The van der Waals surface area contributed by atoms with E-state index in [9.17, 15) is 8.42 Å². The highest BCUT2D eigenvalue weighted by Crippen LogP contribution is 2.36. The zero-order valence-electron chi connectivity index (χ0n) is 18.6. The highest BCUT2D eigenvalue weighted by Gasteiger charge is 2.15. The van der Waals surface area contributed by atoms with E-state index in [-0.39, 0.29) is 0 Å². The molecule has 3 aromatic carbocycles. The molecule has 0 spiro atoms. The van der Waals surface area contributed by atoms with Gasteiger partial charge < -0.3 is 0 Å². The van der Waals surface area contributed by atoms with E-state index < -0.39 is 9.84 Å². The van der Waals surface area contributed by atoms with Gasteiger partial charge in [-0.2, -0.15) is 0 Å². The van der Waals surface area contributed by atoms with Crippen LogP contribution in [-0.2, 0) is 9.84 Å². The summed E-state index contributed by atoms with van der Waals surface area (Å²) < 4.78 is 23.9. The van der Waals surface area contributed by atoms with Crippen LogP contribution in [0.5, 0.6) is 0 Å². The maximum absolute atomic E-state index is 12.0. The predicted molar refractivity (Wildman–Crippen MR) is 132 cm³/mol. The van der Waals surface area contributed by atoms with Crippen molar-refractivity contribution in [1.82, 2.24) is 0 Å². The van der Waals surface area contributed by atoms with E-state index in [0.717, 1.165) is 18.4 Å². The molecule has 0 heterocycles. The molecule has 0 saturated heterocycles. The Morgan fingerprint density at radius 1 is 0.645 bits per heavy atom. The number of hydrogen-bond donors (Lipinski definition) is 0. The first-order valence-corrected chi connectivity index (χ1v) is 13.0. The van der Waals surface area contributed by atoms with Crippen molar-refractivity contribution in [3.8, 4) is 0 Å². The largest absolute Gasteiger partial charge is 0.224 e. The first kappa shape index (κ1) is 23.0. The van der Waals surface area contributed by atoms with E-state index in [0.29, 0.717) is 4.90 Å². The molecule has 0 bridgehead atoms. The predicted octanol–water partition coefficient (Wildman–Crippen LogP) is 7.41. The van der Waals surface area contributed by atoms with Crippen LogP contribution in [0.1, 0.15) is 62.1 Å². The van der Waals surface area contributed by atoms with Crippen molar-refractivity contribution < 1.29 is 8.42 Å². The second-order valence-corrected chi connectivity index (χ2v) is 10.1. The van der Waals surface area contributed by atoms with Gasteiger partial charge in [-0.1, -0.05) is 105 Å². The van der Waals surface area contributed by atoms with E-state index in [1.165, 1.54) is 54.2 Å². The third-order valence-electron chi connectivity index (χ3n) is 5.59. The SMILES string of the molecule is CCCCCCCC(=C(c1ccccc1)c1ccccc1)c1ccc(S(C)(=O)=O)cc1. The number of sulfone groups is 1. The van der Waals surface area contributed by atoms with Crippen molar-refractivity contribution in [3.63, 3.8) is 0 Å². The molecule has 3 aromatic rings. The lowest BCUT2D eigenvalue weighted by Crippen LogP contribution is -1.99. The Labute approximate surface area is 187 Å². The van der Waals surface area contributed by atoms with Crippen LogP contribution in [0, 0.1) is 0 Å². The standard InChI is InChI=1S/C28H32O2S/c1-3-4-5-6-13-18-27(23-19-21-26(22-20-23)31(2,29)30)28(24-14-9-7-10-15-24)25-16-11-8-12-17-25/h7-12,14-17,19-22H,3-6,13,18H2,1-2H3. The molecule has 3 rings (SSSR count). The van der Waals surface area contributed by atoms with Gasteiger partial charge in [0.05, 0.1) is 4.90 Å². The van der Waals surface area contributed by atoms with Crippen molar-refractivity contribution in [2.24, 2.45) is 0 Å². The Morgan fingerprint density at radius 3 is 1.65 bits per heavy atom. The molecule has 3 heteroatoms. The average Bonchev–Trinajstić information content (AvgIpc) is 2.79. The Bertz CT molecular complexity index is 1040. The quantitative estimate of drug-likeness (QED) is 0.247. The molecule has 0 saturated carbocycles. The van der Waals surface area contributed by atoms with Gasteiger partial charge >= 0.3 is 0 Å². The molecule has 0 aliphatic carbocycles. The van der Waals surface area contributed by atoms with Crippen molar-refractivity contribution in [3.05, 3.63) is 102 Å². The van der Waals surface area contributed by atoms with Crippen LogP contribution in [0.25, 0.3) is 11.1 Å². The molecule has 0 aromatic heterocycles. The van der Waals surface area contributed by atoms with E-state index in [1.54, 1.807) is 12.1 Å². The second kappa shape index (κ2) is 11.1. The number of rotatable bonds is 10. The first-order chi connectivity index (χ1) is 15.0. The monoisotopic (exact) mass is 432 g/mol. The minimum absolute atomic E-state index is 0.361. The van der Waals surface area contributed by atoms with Gasteiger partial charge in [0.25, 0.3) is 0 Å². The van der Waals surface area contributed by atoms with Crippen LogP contribution in [0.3, 0.4) is 0 Å². The molecule has 0 amide bonds. The molecule has 31 heavy (non-hydrogen) atoms. The Kier molecular flexibility index (Phi) is 8.25. The fourth-order valence-corrected chi connectivity index (χ4v) is 4.58. The minimum atomic E-state index is -3.21. The van der Waals surface area contributed by atoms with E-state index in [4.69, 9.17) is 0 Å². The zero-order chi connectivity index (χ0) is 22.1. The fraction of sp³-hybridized carbons (Fsp3) is 0.286. The molecule has 162 valence electrons. The molecule has 0 aliphatic heterocycles. The van der Waals surface area contributed by atoms with E-state index >= 15 is 0 Å². The topological polar surface area (TPSA) is 34.1 Å². The maximum Gasteiger partial charge on any atom is 0.175 e.